The molecule has 0 bridgehead atoms. The molecule has 1 aromatic rings. The largest absolute Gasteiger partial charge is 0.508 e. The minimum absolute atomic E-state index is 0.142. The van der Waals surface area contributed by atoms with Crippen molar-refractivity contribution < 1.29 is 15.3 Å². The van der Waals surface area contributed by atoms with Crippen LogP contribution in [0.25, 0.3) is 0 Å². The van der Waals surface area contributed by atoms with Crippen molar-refractivity contribution in [3.8, 4) is 23.8 Å². The van der Waals surface area contributed by atoms with Gasteiger partial charge in [0, 0.05) is 17.0 Å². The lowest BCUT2D eigenvalue weighted by atomic mass is 9.53. The highest BCUT2D eigenvalue weighted by atomic mass is 16.3. The van der Waals surface area contributed by atoms with Crippen LogP contribution in [0.1, 0.15) is 56.1 Å². The first-order valence-corrected chi connectivity index (χ1v) is 8.64. The van der Waals surface area contributed by atoms with Crippen LogP contribution in [0, 0.1) is 29.6 Å². The third-order valence-corrected chi connectivity index (χ3v) is 7.17. The zero-order valence-corrected chi connectivity index (χ0v) is 13.5. The van der Waals surface area contributed by atoms with Crippen LogP contribution in [0.4, 0.5) is 0 Å². The fraction of sp³-hybridized carbons (Fsp3) is 0.600. The molecule has 3 N–H and O–H groups in total. The smallest absolute Gasteiger partial charge is 0.130 e. The molecule has 0 saturated heterocycles. The predicted octanol–water partition coefficient (Wildman–Crippen LogP) is 3.32. The third-order valence-electron chi connectivity index (χ3n) is 7.17. The first-order valence-electron chi connectivity index (χ1n) is 8.64. The Morgan fingerprint density at radius 3 is 2.70 bits per heavy atom. The van der Waals surface area contributed by atoms with Gasteiger partial charge in [0.15, 0.2) is 0 Å². The van der Waals surface area contributed by atoms with E-state index < -0.39 is 5.60 Å². The summed E-state index contributed by atoms with van der Waals surface area (Å²) in [6, 6.07) is 3.26. The van der Waals surface area contributed by atoms with Gasteiger partial charge in [0.1, 0.15) is 17.1 Å². The van der Waals surface area contributed by atoms with Crippen molar-refractivity contribution in [3.05, 3.63) is 23.3 Å². The Balaban J connectivity index is 1.75. The molecule has 0 aromatic heterocycles. The normalized spacial score (nSPS) is 41.5. The Morgan fingerprint density at radius 1 is 1.17 bits per heavy atom. The SMILES string of the molecule is C#C[C@]1(O)CC[C@H]2[C@@H]3CCc4cc(O)cc(O)c4[C@H]3CC[C@@]21C. The quantitative estimate of drug-likeness (QED) is 0.644. The van der Waals surface area contributed by atoms with Crippen molar-refractivity contribution in [3.63, 3.8) is 0 Å². The van der Waals surface area contributed by atoms with Crippen molar-refractivity contribution in [2.75, 3.05) is 0 Å². The lowest BCUT2D eigenvalue weighted by Crippen LogP contribution is -2.50. The van der Waals surface area contributed by atoms with E-state index in [2.05, 4.69) is 12.8 Å². The fourth-order valence-electron chi connectivity index (χ4n) is 5.94. The molecular formula is C20H24O3. The maximum absolute atomic E-state index is 10.9. The van der Waals surface area contributed by atoms with Crippen molar-refractivity contribution in [2.24, 2.45) is 17.3 Å². The summed E-state index contributed by atoms with van der Waals surface area (Å²) >= 11 is 0. The molecule has 5 atom stereocenters. The van der Waals surface area contributed by atoms with Gasteiger partial charge < -0.3 is 15.3 Å². The van der Waals surface area contributed by atoms with E-state index in [0.717, 1.165) is 43.2 Å². The summed E-state index contributed by atoms with van der Waals surface area (Å²) < 4.78 is 0. The Kier molecular flexibility index (Phi) is 3.03. The van der Waals surface area contributed by atoms with Gasteiger partial charge in [0.05, 0.1) is 0 Å². The van der Waals surface area contributed by atoms with Gasteiger partial charge in [-0.2, -0.15) is 0 Å². The molecule has 0 unspecified atom stereocenters. The Bertz CT molecular complexity index is 704. The third kappa shape index (κ3) is 1.82. The van der Waals surface area contributed by atoms with Gasteiger partial charge in [-0.3, -0.25) is 0 Å². The summed E-state index contributed by atoms with van der Waals surface area (Å²) in [7, 11) is 0. The highest BCUT2D eigenvalue weighted by Crippen LogP contribution is 2.64. The Labute approximate surface area is 137 Å². The van der Waals surface area contributed by atoms with Crippen molar-refractivity contribution in [2.45, 2.75) is 57.0 Å². The number of aryl methyl sites for hydroxylation is 1. The number of phenolic OH excluding ortho intramolecular Hbond substituents is 2. The fourth-order valence-corrected chi connectivity index (χ4v) is 5.94. The minimum atomic E-state index is -0.986. The van der Waals surface area contributed by atoms with Gasteiger partial charge in [0.2, 0.25) is 0 Å². The van der Waals surface area contributed by atoms with Crippen LogP contribution in [0.15, 0.2) is 12.1 Å². The van der Waals surface area contributed by atoms with Gasteiger partial charge in [-0.05, 0) is 67.9 Å². The molecule has 3 aliphatic rings. The number of fused-ring (bicyclic) bond motifs is 5. The number of hydrogen-bond acceptors (Lipinski definition) is 3. The number of rotatable bonds is 0. The van der Waals surface area contributed by atoms with E-state index in [4.69, 9.17) is 6.42 Å². The van der Waals surface area contributed by atoms with Crippen molar-refractivity contribution >= 4 is 0 Å². The number of terminal acetylenes is 1. The number of aromatic hydroxyl groups is 2. The molecule has 3 nitrogen and oxygen atoms in total. The van der Waals surface area contributed by atoms with E-state index in [0.29, 0.717) is 24.2 Å². The monoisotopic (exact) mass is 312 g/mol. The van der Waals surface area contributed by atoms with E-state index in [9.17, 15) is 15.3 Å². The van der Waals surface area contributed by atoms with Crippen LogP contribution in [0.2, 0.25) is 0 Å². The lowest BCUT2D eigenvalue weighted by molar-refractivity contribution is -0.0648. The number of benzene rings is 1. The molecular weight excluding hydrogens is 288 g/mol. The molecule has 4 rings (SSSR count). The van der Waals surface area contributed by atoms with Crippen molar-refractivity contribution in [1.29, 1.82) is 0 Å². The summed E-state index contributed by atoms with van der Waals surface area (Å²) in [5.41, 5.74) is 0.905. The number of phenols is 2. The first-order chi connectivity index (χ1) is 10.9. The van der Waals surface area contributed by atoms with Gasteiger partial charge in [-0.25, -0.2) is 0 Å². The molecule has 2 fully saturated rings. The lowest BCUT2D eigenvalue weighted by Gasteiger charge is -2.52. The van der Waals surface area contributed by atoms with Gasteiger partial charge >= 0.3 is 0 Å². The molecule has 3 heteroatoms. The minimum Gasteiger partial charge on any atom is -0.508 e. The van der Waals surface area contributed by atoms with E-state index in [1.807, 2.05) is 0 Å². The van der Waals surface area contributed by atoms with E-state index in [1.54, 1.807) is 6.07 Å². The highest BCUT2D eigenvalue weighted by molar-refractivity contribution is 5.49. The molecule has 0 aliphatic heterocycles. The Morgan fingerprint density at radius 2 is 1.96 bits per heavy atom. The van der Waals surface area contributed by atoms with E-state index in [1.165, 1.54) is 6.07 Å². The van der Waals surface area contributed by atoms with Crippen LogP contribution in [-0.4, -0.2) is 20.9 Å². The number of aliphatic hydroxyl groups is 1. The van der Waals surface area contributed by atoms with Crippen LogP contribution in [-0.2, 0) is 6.42 Å². The summed E-state index contributed by atoms with van der Waals surface area (Å²) in [6.45, 7) is 2.16. The second-order valence-corrected chi connectivity index (χ2v) is 7.95. The molecule has 0 amide bonds. The molecule has 2 saturated carbocycles. The van der Waals surface area contributed by atoms with Crippen molar-refractivity contribution in [1.82, 2.24) is 0 Å². The van der Waals surface area contributed by atoms with Crippen LogP contribution in [0.5, 0.6) is 11.5 Å². The van der Waals surface area contributed by atoms with Crippen LogP contribution in [0.3, 0.4) is 0 Å². The number of hydrogen-bond donors (Lipinski definition) is 3. The average Bonchev–Trinajstić information content (AvgIpc) is 2.79. The molecule has 0 spiro atoms. The Hall–Kier alpha value is -1.66. The van der Waals surface area contributed by atoms with E-state index >= 15 is 0 Å². The average molecular weight is 312 g/mol. The molecule has 23 heavy (non-hydrogen) atoms. The predicted molar refractivity (Wildman–Crippen MR) is 88.2 cm³/mol. The van der Waals surface area contributed by atoms with Gasteiger partial charge in [-0.15, -0.1) is 6.42 Å². The highest BCUT2D eigenvalue weighted by Gasteiger charge is 2.61. The summed E-state index contributed by atoms with van der Waals surface area (Å²) in [4.78, 5) is 0. The summed E-state index contributed by atoms with van der Waals surface area (Å²) in [5.74, 6) is 4.23. The molecule has 122 valence electrons. The maximum Gasteiger partial charge on any atom is 0.130 e. The van der Waals surface area contributed by atoms with E-state index in [-0.39, 0.29) is 16.9 Å². The first kappa shape index (κ1) is 14.9. The van der Waals surface area contributed by atoms with Gasteiger partial charge in [-0.1, -0.05) is 12.8 Å². The zero-order valence-electron chi connectivity index (χ0n) is 13.5. The summed E-state index contributed by atoms with van der Waals surface area (Å²) in [6.07, 6.45) is 11.1. The topological polar surface area (TPSA) is 60.7 Å². The van der Waals surface area contributed by atoms with Gasteiger partial charge in [0.25, 0.3) is 0 Å². The van der Waals surface area contributed by atoms with Crippen LogP contribution < -0.4 is 0 Å². The maximum atomic E-state index is 10.9. The zero-order chi connectivity index (χ0) is 16.4. The standard InChI is InChI=1S/C20H24O3/c1-3-20(23)9-7-16-14-5-4-12-10-13(21)11-17(22)18(12)15(14)6-8-19(16,20)2/h1,10-11,14-16,21-23H,4-9H2,2H3/t14-,15+,16+,19+,20+/m1/s1. The summed E-state index contributed by atoms with van der Waals surface area (Å²) in [5, 5.41) is 31.0. The second kappa shape index (κ2) is 4.68. The second-order valence-electron chi connectivity index (χ2n) is 7.95. The molecule has 0 heterocycles. The molecule has 0 radical (unpaired) electrons. The molecule has 3 aliphatic carbocycles. The van der Waals surface area contributed by atoms with Crippen LogP contribution >= 0.6 is 0 Å². The molecule has 1 aromatic carbocycles.